The molecule has 0 aliphatic carbocycles. The Kier molecular flexibility index (Phi) is 8.34. The van der Waals surface area contributed by atoms with Crippen LogP contribution >= 0.6 is 11.6 Å². The first-order valence-corrected chi connectivity index (χ1v) is 10.6. The molecule has 3 aromatic rings. The van der Waals surface area contributed by atoms with Gasteiger partial charge in [-0.05, 0) is 29.5 Å². The highest BCUT2D eigenvalue weighted by molar-refractivity contribution is 6.31. The van der Waals surface area contributed by atoms with E-state index in [-0.39, 0.29) is 24.1 Å². The Morgan fingerprint density at radius 3 is 2.73 bits per heavy atom. The van der Waals surface area contributed by atoms with Crippen LogP contribution < -0.4 is 10.7 Å². The maximum absolute atomic E-state index is 13.7. The summed E-state index contributed by atoms with van der Waals surface area (Å²) in [5, 5.41) is 5.77. The van der Waals surface area contributed by atoms with Gasteiger partial charge in [-0.3, -0.25) is 15.1 Å². The summed E-state index contributed by atoms with van der Waals surface area (Å²) < 4.78 is 19.0. The Morgan fingerprint density at radius 2 is 2.00 bits per heavy atom. The van der Waals surface area contributed by atoms with E-state index in [2.05, 4.69) is 22.3 Å². The van der Waals surface area contributed by atoms with Gasteiger partial charge in [0.25, 0.3) is 0 Å². The molecule has 0 saturated carbocycles. The quantitative estimate of drug-likeness (QED) is 0.337. The first kappa shape index (κ1) is 24.2. The molecule has 1 heterocycles. The van der Waals surface area contributed by atoms with Gasteiger partial charge < -0.3 is 4.74 Å². The predicted octanol–water partition coefficient (Wildman–Crippen LogP) is 5.07. The van der Waals surface area contributed by atoms with E-state index in [1.807, 2.05) is 24.3 Å². The molecule has 7 nitrogen and oxygen atoms in total. The summed E-state index contributed by atoms with van der Waals surface area (Å²) in [7, 11) is 0. The number of nitrogens with one attached hydrogen (secondary N) is 2. The molecule has 0 unspecified atom stereocenters. The topological polar surface area (TPSA) is 83.6 Å². The third-order valence-corrected chi connectivity index (χ3v) is 5.31. The minimum Gasteiger partial charge on any atom is -0.447 e. The van der Waals surface area contributed by atoms with E-state index in [1.54, 1.807) is 24.4 Å². The van der Waals surface area contributed by atoms with Crippen LogP contribution in [0.5, 0.6) is 0 Å². The number of pyridine rings is 1. The summed E-state index contributed by atoms with van der Waals surface area (Å²) in [6.07, 6.45) is 2.92. The maximum Gasteiger partial charge on any atom is 0.412 e. The number of rotatable bonds is 9. The van der Waals surface area contributed by atoms with Crippen LogP contribution in [0.4, 0.5) is 15.0 Å². The maximum atomic E-state index is 13.7. The first-order valence-electron chi connectivity index (χ1n) is 10.2. The van der Waals surface area contributed by atoms with Crippen LogP contribution in [0, 0.1) is 5.82 Å². The van der Waals surface area contributed by atoms with Crippen LogP contribution in [0.25, 0.3) is 10.8 Å². The highest BCUT2D eigenvalue weighted by Gasteiger charge is 2.22. The Hall–Kier alpha value is -3.49. The molecule has 33 heavy (non-hydrogen) atoms. The number of anilines is 1. The molecule has 0 spiro atoms. The lowest BCUT2D eigenvalue weighted by molar-refractivity contribution is -0.136. The Labute approximate surface area is 196 Å². The van der Waals surface area contributed by atoms with Crippen LogP contribution in [-0.4, -0.2) is 34.6 Å². The monoisotopic (exact) mass is 470 g/mol. The number of hydrazine groups is 1. The van der Waals surface area contributed by atoms with Crippen molar-refractivity contribution in [2.45, 2.75) is 25.9 Å². The molecule has 0 bridgehead atoms. The van der Waals surface area contributed by atoms with Gasteiger partial charge in [0.15, 0.2) is 0 Å². The van der Waals surface area contributed by atoms with Gasteiger partial charge in [0.05, 0.1) is 11.1 Å². The average Bonchev–Trinajstić information content (AvgIpc) is 2.80. The predicted molar refractivity (Wildman–Crippen MR) is 126 cm³/mol. The third kappa shape index (κ3) is 6.50. The number of fused-ring (bicyclic) bond motifs is 1. The van der Waals surface area contributed by atoms with Crippen molar-refractivity contribution >= 4 is 40.2 Å². The largest absolute Gasteiger partial charge is 0.447 e. The summed E-state index contributed by atoms with van der Waals surface area (Å²) in [6, 6.07) is 13.3. The van der Waals surface area contributed by atoms with Crippen LogP contribution in [0.3, 0.4) is 0 Å². The van der Waals surface area contributed by atoms with E-state index in [0.717, 1.165) is 10.8 Å². The number of ether oxygens (including phenoxy) is 1. The third-order valence-electron chi connectivity index (χ3n) is 4.88. The van der Waals surface area contributed by atoms with Crippen molar-refractivity contribution in [1.82, 2.24) is 15.4 Å². The van der Waals surface area contributed by atoms with Gasteiger partial charge in [0.2, 0.25) is 5.91 Å². The van der Waals surface area contributed by atoms with Crippen LogP contribution in [0.1, 0.15) is 18.9 Å². The number of carbonyl (C=O) groups is 2. The number of amides is 2. The molecule has 1 aromatic heterocycles. The SMILES string of the molecule is C=CC[C@@H](COC(=O)Nc1cc2ccccc2cn1)N(NCc1cccc(F)c1Cl)C(C)=O. The molecule has 2 aromatic carbocycles. The minimum atomic E-state index is -0.705. The van der Waals surface area contributed by atoms with Gasteiger partial charge in [-0.2, -0.15) is 0 Å². The first-order chi connectivity index (χ1) is 15.9. The highest BCUT2D eigenvalue weighted by Crippen LogP contribution is 2.20. The van der Waals surface area contributed by atoms with Crippen LogP contribution in [0.15, 0.2) is 67.4 Å². The van der Waals surface area contributed by atoms with Crippen molar-refractivity contribution in [3.05, 3.63) is 83.8 Å². The number of nitrogens with zero attached hydrogens (tertiary/aromatic N) is 2. The molecule has 9 heteroatoms. The van der Waals surface area contributed by atoms with Crippen molar-refractivity contribution in [2.24, 2.45) is 0 Å². The lowest BCUT2D eigenvalue weighted by atomic mass is 10.2. The molecule has 0 fully saturated rings. The van der Waals surface area contributed by atoms with Crippen molar-refractivity contribution < 1.29 is 18.7 Å². The zero-order valence-corrected chi connectivity index (χ0v) is 18.8. The van der Waals surface area contributed by atoms with Crippen molar-refractivity contribution in [1.29, 1.82) is 0 Å². The van der Waals surface area contributed by atoms with E-state index in [9.17, 15) is 14.0 Å². The smallest absolute Gasteiger partial charge is 0.412 e. The molecule has 0 saturated heterocycles. The van der Waals surface area contributed by atoms with Crippen LogP contribution in [0.2, 0.25) is 5.02 Å². The number of benzene rings is 2. The van der Waals surface area contributed by atoms with Gasteiger partial charge in [-0.1, -0.05) is 54.1 Å². The molecule has 0 aliphatic rings. The van der Waals surface area contributed by atoms with Crippen molar-refractivity contribution in [3.8, 4) is 0 Å². The van der Waals surface area contributed by atoms with E-state index in [4.69, 9.17) is 16.3 Å². The Morgan fingerprint density at radius 1 is 1.24 bits per heavy atom. The van der Waals surface area contributed by atoms with Crippen LogP contribution in [-0.2, 0) is 16.1 Å². The number of hydrogen-bond donors (Lipinski definition) is 2. The summed E-state index contributed by atoms with van der Waals surface area (Å²) >= 11 is 5.99. The Balaban J connectivity index is 1.62. The molecular weight excluding hydrogens is 447 g/mol. The van der Waals surface area contributed by atoms with E-state index in [1.165, 1.54) is 24.1 Å². The van der Waals surface area contributed by atoms with E-state index < -0.39 is 18.0 Å². The second-order valence-corrected chi connectivity index (χ2v) is 7.63. The molecule has 1 atom stereocenters. The molecule has 0 aliphatic heterocycles. The number of aromatic nitrogens is 1. The average molecular weight is 471 g/mol. The Bertz CT molecular complexity index is 1160. The fourth-order valence-electron chi connectivity index (χ4n) is 3.26. The lowest BCUT2D eigenvalue weighted by Gasteiger charge is -2.30. The van der Waals surface area contributed by atoms with Crippen molar-refractivity contribution in [3.63, 3.8) is 0 Å². The van der Waals surface area contributed by atoms with Gasteiger partial charge >= 0.3 is 6.09 Å². The lowest BCUT2D eigenvalue weighted by Crippen LogP contribution is -2.50. The standard InChI is InChI=1S/C24H24ClFN4O3/c1-3-7-20(30(16(2)31)28-14-19-10-6-11-21(26)23(19)25)15-33-24(32)29-22-12-17-8-4-5-9-18(17)13-27-22/h3-6,8-13,20,28H,1,7,14-15H2,2H3,(H,27,29,32)/t20-/m0/s1. The zero-order chi connectivity index (χ0) is 23.8. The molecule has 2 N–H and O–H groups in total. The van der Waals surface area contributed by atoms with Gasteiger partial charge in [-0.15, -0.1) is 6.58 Å². The molecule has 172 valence electrons. The van der Waals surface area contributed by atoms with E-state index >= 15 is 0 Å². The normalized spacial score (nSPS) is 11.6. The second kappa shape index (κ2) is 11.4. The molecule has 0 radical (unpaired) electrons. The second-order valence-electron chi connectivity index (χ2n) is 7.26. The number of halogens is 2. The number of carbonyl (C=O) groups excluding carboxylic acids is 2. The summed E-state index contributed by atoms with van der Waals surface area (Å²) in [6.45, 7) is 5.08. The fraction of sp³-hybridized carbons (Fsp3) is 0.208. The van der Waals surface area contributed by atoms with E-state index in [0.29, 0.717) is 17.8 Å². The molecule has 2 amide bonds. The molecular formula is C24H24ClFN4O3. The number of hydrogen-bond acceptors (Lipinski definition) is 5. The van der Waals surface area contributed by atoms with Gasteiger partial charge in [0.1, 0.15) is 18.2 Å². The summed E-state index contributed by atoms with van der Waals surface area (Å²) in [5.74, 6) is -0.508. The highest BCUT2D eigenvalue weighted by atomic mass is 35.5. The minimum absolute atomic E-state index is 0.0210. The van der Waals surface area contributed by atoms with Gasteiger partial charge in [-0.25, -0.2) is 19.6 Å². The summed E-state index contributed by atoms with van der Waals surface area (Å²) in [5.41, 5.74) is 3.43. The van der Waals surface area contributed by atoms with Crippen molar-refractivity contribution in [2.75, 3.05) is 11.9 Å². The molecule has 3 rings (SSSR count). The zero-order valence-electron chi connectivity index (χ0n) is 18.1. The fourth-order valence-corrected chi connectivity index (χ4v) is 3.45. The summed E-state index contributed by atoms with van der Waals surface area (Å²) in [4.78, 5) is 28.8. The van der Waals surface area contributed by atoms with Gasteiger partial charge in [0, 0.05) is 25.1 Å².